The quantitative estimate of drug-likeness (QED) is 0.649. The molecule has 2 aliphatic rings. The predicted molar refractivity (Wildman–Crippen MR) is 58.3 cm³/mol. The van der Waals surface area contributed by atoms with Crippen LogP contribution in [0.3, 0.4) is 0 Å². The number of rotatable bonds is 7. The van der Waals surface area contributed by atoms with Crippen molar-refractivity contribution in [2.24, 2.45) is 5.92 Å². The molecule has 0 aliphatic heterocycles. The molecule has 0 radical (unpaired) electrons. The monoisotopic (exact) mass is 208 g/mol. The first-order valence-corrected chi connectivity index (χ1v) is 5.98. The summed E-state index contributed by atoms with van der Waals surface area (Å²) in [6.07, 6.45) is 6.34. The average molecular weight is 208 g/mol. The molecule has 1 atom stereocenters. The van der Waals surface area contributed by atoms with Crippen LogP contribution in [-0.4, -0.2) is 24.8 Å². The molecule has 0 heterocycles. The van der Waals surface area contributed by atoms with E-state index in [4.69, 9.17) is 10.00 Å². The van der Waals surface area contributed by atoms with Crippen molar-refractivity contribution in [1.29, 1.82) is 5.26 Å². The second kappa shape index (κ2) is 4.51. The molecular weight excluding hydrogens is 188 g/mol. The Bertz CT molecular complexity index is 253. The molecular formula is C12H20N2O. The highest BCUT2D eigenvalue weighted by molar-refractivity contribution is 5.07. The van der Waals surface area contributed by atoms with E-state index in [1.165, 1.54) is 32.1 Å². The molecule has 2 saturated carbocycles. The van der Waals surface area contributed by atoms with Crippen molar-refractivity contribution in [2.45, 2.75) is 50.6 Å². The number of nitrogens with zero attached hydrogens (tertiary/aromatic N) is 1. The lowest BCUT2D eigenvalue weighted by Gasteiger charge is -2.23. The van der Waals surface area contributed by atoms with Gasteiger partial charge < -0.3 is 4.74 Å². The van der Waals surface area contributed by atoms with Gasteiger partial charge in [0.2, 0.25) is 0 Å². The largest absolute Gasteiger partial charge is 0.378 e. The Morgan fingerprint density at radius 1 is 1.40 bits per heavy atom. The van der Waals surface area contributed by atoms with Gasteiger partial charge in [-0.25, -0.2) is 0 Å². The van der Waals surface area contributed by atoms with Crippen molar-refractivity contribution in [2.75, 3.05) is 13.2 Å². The second-order valence-corrected chi connectivity index (χ2v) is 5.15. The third kappa shape index (κ3) is 3.81. The lowest BCUT2D eigenvalue weighted by Crippen LogP contribution is -2.46. The van der Waals surface area contributed by atoms with Gasteiger partial charge in [0.1, 0.15) is 5.54 Å². The SMILES string of the molecule is CC(C#N)(COCCC1CC1)NC1CC1. The molecule has 0 aromatic carbocycles. The van der Waals surface area contributed by atoms with E-state index in [0.717, 1.165) is 12.5 Å². The summed E-state index contributed by atoms with van der Waals surface area (Å²) in [5, 5.41) is 12.4. The zero-order chi connectivity index (χ0) is 10.7. The number of nitriles is 1. The summed E-state index contributed by atoms with van der Waals surface area (Å²) in [4.78, 5) is 0. The molecule has 15 heavy (non-hydrogen) atoms. The Hall–Kier alpha value is -0.590. The van der Waals surface area contributed by atoms with E-state index in [1.54, 1.807) is 0 Å². The third-order valence-electron chi connectivity index (χ3n) is 3.10. The van der Waals surface area contributed by atoms with Gasteiger partial charge in [-0.1, -0.05) is 12.8 Å². The van der Waals surface area contributed by atoms with Crippen LogP contribution in [0.2, 0.25) is 0 Å². The van der Waals surface area contributed by atoms with Crippen LogP contribution < -0.4 is 5.32 Å². The molecule has 0 bridgehead atoms. The smallest absolute Gasteiger partial charge is 0.127 e. The lowest BCUT2D eigenvalue weighted by molar-refractivity contribution is 0.0902. The molecule has 2 fully saturated rings. The average Bonchev–Trinajstić information content (AvgIpc) is 3.07. The van der Waals surface area contributed by atoms with Crippen molar-refractivity contribution in [1.82, 2.24) is 5.32 Å². The zero-order valence-corrected chi connectivity index (χ0v) is 9.46. The first-order chi connectivity index (χ1) is 7.22. The van der Waals surface area contributed by atoms with E-state index in [1.807, 2.05) is 6.92 Å². The zero-order valence-electron chi connectivity index (χ0n) is 9.46. The fraction of sp³-hybridized carbons (Fsp3) is 0.917. The summed E-state index contributed by atoms with van der Waals surface area (Å²) in [6, 6.07) is 2.87. The lowest BCUT2D eigenvalue weighted by atomic mass is 10.1. The van der Waals surface area contributed by atoms with E-state index in [0.29, 0.717) is 12.6 Å². The number of ether oxygens (including phenoxy) is 1. The first-order valence-electron chi connectivity index (χ1n) is 5.98. The van der Waals surface area contributed by atoms with Crippen LogP contribution in [0.15, 0.2) is 0 Å². The number of hydrogen-bond donors (Lipinski definition) is 1. The van der Waals surface area contributed by atoms with Crippen molar-refractivity contribution < 1.29 is 4.74 Å². The fourth-order valence-corrected chi connectivity index (χ4v) is 1.72. The summed E-state index contributed by atoms with van der Waals surface area (Å²) in [7, 11) is 0. The van der Waals surface area contributed by atoms with Crippen molar-refractivity contribution in [3.05, 3.63) is 0 Å². The van der Waals surface area contributed by atoms with Gasteiger partial charge >= 0.3 is 0 Å². The van der Waals surface area contributed by atoms with Crippen molar-refractivity contribution in [3.63, 3.8) is 0 Å². The summed E-state index contributed by atoms with van der Waals surface area (Å²) < 4.78 is 5.58. The van der Waals surface area contributed by atoms with Gasteiger partial charge in [-0.2, -0.15) is 5.26 Å². The van der Waals surface area contributed by atoms with Gasteiger partial charge in [0.05, 0.1) is 12.7 Å². The summed E-state index contributed by atoms with van der Waals surface area (Å²) >= 11 is 0. The van der Waals surface area contributed by atoms with Crippen LogP contribution in [-0.2, 0) is 4.74 Å². The topological polar surface area (TPSA) is 45.0 Å². The molecule has 2 rings (SSSR count). The Labute approximate surface area is 91.8 Å². The molecule has 3 heteroatoms. The van der Waals surface area contributed by atoms with Crippen LogP contribution in [0.1, 0.15) is 39.0 Å². The Balaban J connectivity index is 1.62. The fourth-order valence-electron chi connectivity index (χ4n) is 1.72. The molecule has 0 spiro atoms. The molecule has 2 aliphatic carbocycles. The van der Waals surface area contributed by atoms with Gasteiger partial charge in [-0.05, 0) is 32.1 Å². The Morgan fingerprint density at radius 3 is 2.67 bits per heavy atom. The molecule has 3 nitrogen and oxygen atoms in total. The minimum atomic E-state index is -0.481. The second-order valence-electron chi connectivity index (χ2n) is 5.15. The molecule has 0 saturated heterocycles. The van der Waals surface area contributed by atoms with E-state index in [-0.39, 0.29) is 0 Å². The minimum absolute atomic E-state index is 0.481. The molecule has 0 aromatic rings. The highest BCUT2D eigenvalue weighted by atomic mass is 16.5. The molecule has 1 unspecified atom stereocenters. The van der Waals surface area contributed by atoms with Crippen LogP contribution in [0.25, 0.3) is 0 Å². The Morgan fingerprint density at radius 2 is 2.13 bits per heavy atom. The van der Waals surface area contributed by atoms with Crippen molar-refractivity contribution in [3.8, 4) is 6.07 Å². The maximum Gasteiger partial charge on any atom is 0.127 e. The molecule has 84 valence electrons. The van der Waals surface area contributed by atoms with E-state index in [2.05, 4.69) is 11.4 Å². The molecule has 0 amide bonds. The highest BCUT2D eigenvalue weighted by Crippen LogP contribution is 2.32. The highest BCUT2D eigenvalue weighted by Gasteiger charge is 2.32. The summed E-state index contributed by atoms with van der Waals surface area (Å²) in [5.41, 5.74) is -0.481. The minimum Gasteiger partial charge on any atom is -0.378 e. The van der Waals surface area contributed by atoms with Crippen LogP contribution in [0, 0.1) is 17.2 Å². The predicted octanol–water partition coefficient (Wildman–Crippen LogP) is 1.84. The summed E-state index contributed by atoms with van der Waals surface area (Å²) in [6.45, 7) is 3.27. The number of hydrogen-bond acceptors (Lipinski definition) is 3. The summed E-state index contributed by atoms with van der Waals surface area (Å²) in [5.74, 6) is 0.912. The number of nitrogens with one attached hydrogen (secondary N) is 1. The maximum absolute atomic E-state index is 9.09. The first kappa shape index (κ1) is 10.9. The van der Waals surface area contributed by atoms with E-state index in [9.17, 15) is 0 Å². The molecule has 1 N–H and O–H groups in total. The van der Waals surface area contributed by atoms with Gasteiger partial charge in [0.25, 0.3) is 0 Å². The van der Waals surface area contributed by atoms with Gasteiger partial charge in [0, 0.05) is 12.6 Å². The maximum atomic E-state index is 9.09. The van der Waals surface area contributed by atoms with Crippen LogP contribution in [0.4, 0.5) is 0 Å². The van der Waals surface area contributed by atoms with Crippen molar-refractivity contribution >= 4 is 0 Å². The van der Waals surface area contributed by atoms with Gasteiger partial charge in [-0.3, -0.25) is 5.32 Å². The Kier molecular flexibility index (Phi) is 3.28. The van der Waals surface area contributed by atoms with Crippen LogP contribution in [0.5, 0.6) is 0 Å². The standard InChI is InChI=1S/C12H20N2O/c1-12(8-13,14-11-4-5-11)9-15-7-6-10-2-3-10/h10-11,14H,2-7,9H2,1H3. The van der Waals surface area contributed by atoms with Gasteiger partial charge in [-0.15, -0.1) is 0 Å². The molecule has 0 aromatic heterocycles. The van der Waals surface area contributed by atoms with Crippen LogP contribution >= 0.6 is 0 Å². The third-order valence-corrected chi connectivity index (χ3v) is 3.10. The van der Waals surface area contributed by atoms with Gasteiger partial charge in [0.15, 0.2) is 0 Å². The van der Waals surface area contributed by atoms with E-state index >= 15 is 0 Å². The normalized spacial score (nSPS) is 24.5. The van der Waals surface area contributed by atoms with E-state index < -0.39 is 5.54 Å².